The van der Waals surface area contributed by atoms with E-state index in [0.717, 1.165) is 118 Å². The Hall–Kier alpha value is -5.22. The fourth-order valence-corrected chi connectivity index (χ4v) is 9.11. The van der Waals surface area contributed by atoms with Crippen molar-refractivity contribution < 1.29 is 37.8 Å². The molecule has 4 aromatic heterocycles. The van der Waals surface area contributed by atoms with Gasteiger partial charge < -0.3 is 52.9 Å². The third-order valence-electron chi connectivity index (χ3n) is 13.0. The minimum absolute atomic E-state index is 0. The average molecular weight is 1100 g/mol. The highest BCUT2D eigenvalue weighted by Crippen LogP contribution is 2.30. The molecule has 0 radical (unpaired) electrons. The first-order chi connectivity index (χ1) is 33.7. The van der Waals surface area contributed by atoms with Crippen molar-refractivity contribution >= 4 is 22.6 Å². The second-order valence-corrected chi connectivity index (χ2v) is 19.7. The summed E-state index contributed by atoms with van der Waals surface area (Å²) in [6, 6.07) is 22.5. The summed E-state index contributed by atoms with van der Waals surface area (Å²) in [6.07, 6.45) is 19.3. The van der Waals surface area contributed by atoms with Crippen molar-refractivity contribution in [3.8, 4) is 46.8 Å². The minimum atomic E-state index is -0.630. The fourth-order valence-electron chi connectivity index (χ4n) is 8.75. The van der Waals surface area contributed by atoms with Crippen molar-refractivity contribution in [1.82, 2.24) is 40.0 Å². The van der Waals surface area contributed by atoms with E-state index in [4.69, 9.17) is 34.4 Å². The number of aliphatic hydroxyl groups is 1. The SMILES string of the molecule is C.C.C#CC1CC(NC2COC2)C1.C[C@H](O)c1nccn1Cc1cc(-c2ccc(C#CC3CC(NC4COC4)C3)cc2)on1.C[C@H](OC1CCCCO1)c1nccn1Cc1cc(-c2ccc(I)cc2)on1.F. The van der Waals surface area contributed by atoms with Gasteiger partial charge in [0.05, 0.1) is 51.6 Å². The summed E-state index contributed by atoms with van der Waals surface area (Å²) in [5.41, 5.74) is 4.61. The number of terminal acetylenes is 1. The number of imidazole rings is 2. The molecule has 3 aliphatic heterocycles. The summed E-state index contributed by atoms with van der Waals surface area (Å²) in [7, 11) is 0. The second kappa shape index (κ2) is 27.2. The molecule has 11 rings (SSSR count). The number of nitrogens with one attached hydrogen (secondary N) is 2. The zero-order valence-corrected chi connectivity index (χ0v) is 41.8. The topological polar surface area (TPSA) is 169 Å². The lowest BCUT2D eigenvalue weighted by molar-refractivity contribution is -0.188. The van der Waals surface area contributed by atoms with Crippen molar-refractivity contribution in [1.29, 1.82) is 0 Å². The Morgan fingerprint density at radius 3 is 1.78 bits per heavy atom. The molecule has 2 aliphatic carbocycles. The summed E-state index contributed by atoms with van der Waals surface area (Å²) >= 11 is 2.29. The predicted molar refractivity (Wildman–Crippen MR) is 283 cm³/mol. The fraction of sp³-hybridized carbons (Fsp3) is 0.491. The van der Waals surface area contributed by atoms with E-state index >= 15 is 0 Å². The van der Waals surface area contributed by atoms with E-state index in [0.29, 0.717) is 60.7 Å². The highest BCUT2D eigenvalue weighted by atomic mass is 127. The molecule has 17 heteroatoms. The molecule has 0 amide bonds. The van der Waals surface area contributed by atoms with Crippen LogP contribution in [0.2, 0.25) is 0 Å². The first-order valence-corrected chi connectivity index (χ1v) is 25.2. The highest BCUT2D eigenvalue weighted by molar-refractivity contribution is 14.1. The molecule has 5 aliphatic rings. The van der Waals surface area contributed by atoms with Gasteiger partial charge in [-0.15, -0.1) is 12.3 Å². The van der Waals surface area contributed by atoms with Crippen molar-refractivity contribution in [2.75, 3.05) is 33.0 Å². The van der Waals surface area contributed by atoms with Gasteiger partial charge in [0.15, 0.2) is 17.8 Å². The van der Waals surface area contributed by atoms with Gasteiger partial charge in [0.2, 0.25) is 0 Å². The van der Waals surface area contributed by atoms with Crippen molar-refractivity contribution in [2.45, 2.75) is 129 Å². The number of hydrogen-bond acceptors (Lipinski definition) is 13. The molecule has 72 heavy (non-hydrogen) atoms. The van der Waals surface area contributed by atoms with Gasteiger partial charge in [-0.1, -0.05) is 49.1 Å². The van der Waals surface area contributed by atoms with E-state index in [1.807, 2.05) is 77.0 Å². The van der Waals surface area contributed by atoms with Crippen LogP contribution >= 0.6 is 22.6 Å². The molecule has 386 valence electrons. The maximum absolute atomic E-state index is 9.79. The Labute approximate surface area is 437 Å². The lowest BCUT2D eigenvalue weighted by Gasteiger charge is -2.38. The first kappa shape index (κ1) is 56.1. The molecule has 5 fully saturated rings. The average Bonchev–Trinajstić information content (AvgIpc) is 4.15. The maximum atomic E-state index is 9.79. The largest absolute Gasteiger partial charge is 0.385 e. The Morgan fingerprint density at radius 2 is 1.28 bits per heavy atom. The summed E-state index contributed by atoms with van der Waals surface area (Å²) < 4.78 is 38.1. The van der Waals surface area contributed by atoms with Crippen LogP contribution in [0.5, 0.6) is 0 Å². The molecule has 2 saturated carbocycles. The Morgan fingerprint density at radius 1 is 0.750 bits per heavy atom. The lowest BCUT2D eigenvalue weighted by atomic mass is 9.80. The van der Waals surface area contributed by atoms with E-state index in [2.05, 4.69) is 83.4 Å². The second-order valence-electron chi connectivity index (χ2n) is 18.5. The number of rotatable bonds is 14. The molecule has 3 saturated heterocycles. The molecule has 3 N–H and O–H groups in total. The summed E-state index contributed by atoms with van der Waals surface area (Å²) in [5.74, 6) is 13.4. The monoisotopic (exact) mass is 1100 g/mol. The number of aliphatic hydroxyl groups excluding tert-OH is 1. The summed E-state index contributed by atoms with van der Waals surface area (Å²) in [6.45, 7) is 9.02. The quantitative estimate of drug-likeness (QED) is 0.0698. The number of hydrogen-bond donors (Lipinski definition) is 3. The summed E-state index contributed by atoms with van der Waals surface area (Å²) in [5, 5.41) is 25.3. The third-order valence-corrected chi connectivity index (χ3v) is 13.7. The van der Waals surface area contributed by atoms with Crippen LogP contribution in [-0.4, -0.2) is 98.0 Å². The third kappa shape index (κ3) is 15.2. The van der Waals surface area contributed by atoms with Crippen molar-refractivity contribution in [2.24, 2.45) is 11.8 Å². The lowest BCUT2D eigenvalue weighted by Crippen LogP contribution is -2.54. The van der Waals surface area contributed by atoms with Gasteiger partial charge in [-0.2, -0.15) is 0 Å². The zero-order valence-electron chi connectivity index (χ0n) is 39.6. The molecule has 7 heterocycles. The van der Waals surface area contributed by atoms with Crippen molar-refractivity contribution in [3.63, 3.8) is 0 Å². The van der Waals surface area contributed by atoms with Crippen LogP contribution in [0.25, 0.3) is 22.6 Å². The molecule has 0 spiro atoms. The highest BCUT2D eigenvalue weighted by Gasteiger charge is 2.32. The summed E-state index contributed by atoms with van der Waals surface area (Å²) in [4.78, 5) is 8.66. The van der Waals surface area contributed by atoms with Gasteiger partial charge in [0.1, 0.15) is 35.2 Å². The Balaban J connectivity index is 0.000000189. The number of ether oxygens (including phenoxy) is 4. The van der Waals surface area contributed by atoms with Gasteiger partial charge in [-0.05, 0) is 118 Å². The van der Waals surface area contributed by atoms with Crippen LogP contribution in [0.1, 0.15) is 114 Å². The molecular formula is C55H70FIN8O7. The minimum Gasteiger partial charge on any atom is -0.385 e. The molecular weight excluding hydrogens is 1030 g/mol. The zero-order chi connectivity index (χ0) is 47.5. The van der Waals surface area contributed by atoms with Gasteiger partial charge in [0, 0.05) is 87.7 Å². The number of aromatic nitrogens is 6. The van der Waals surface area contributed by atoms with Gasteiger partial charge in [-0.25, -0.2) is 9.97 Å². The molecule has 2 aromatic carbocycles. The van der Waals surface area contributed by atoms with Gasteiger partial charge >= 0.3 is 0 Å². The van der Waals surface area contributed by atoms with E-state index < -0.39 is 6.10 Å². The molecule has 1 unspecified atom stereocenters. The van der Waals surface area contributed by atoms with Crippen molar-refractivity contribution in [3.05, 3.63) is 118 Å². The number of nitrogens with zero attached hydrogens (tertiary/aromatic N) is 6. The van der Waals surface area contributed by atoms with E-state index in [1.54, 1.807) is 19.3 Å². The van der Waals surface area contributed by atoms with Crippen LogP contribution in [0.3, 0.4) is 0 Å². The van der Waals surface area contributed by atoms with E-state index in [9.17, 15) is 5.11 Å². The van der Waals surface area contributed by atoms with Crippen LogP contribution in [-0.2, 0) is 32.0 Å². The predicted octanol–water partition coefficient (Wildman–Crippen LogP) is 9.36. The van der Waals surface area contributed by atoms with Crippen LogP contribution in [0.15, 0.2) is 94.5 Å². The van der Waals surface area contributed by atoms with Crippen LogP contribution < -0.4 is 10.6 Å². The smallest absolute Gasteiger partial charge is 0.167 e. The number of halogens is 2. The first-order valence-electron chi connectivity index (χ1n) is 24.1. The maximum Gasteiger partial charge on any atom is 0.167 e. The Bertz CT molecular complexity index is 2640. The van der Waals surface area contributed by atoms with Gasteiger partial charge in [-0.3, -0.25) is 4.70 Å². The number of benzene rings is 2. The normalized spacial score (nSPS) is 21.9. The molecule has 15 nitrogen and oxygen atoms in total. The van der Waals surface area contributed by atoms with E-state index in [1.165, 1.54) is 3.57 Å². The van der Waals surface area contributed by atoms with Gasteiger partial charge in [0.25, 0.3) is 0 Å². The molecule has 3 atom stereocenters. The molecule has 0 bridgehead atoms. The Kier molecular flexibility index (Phi) is 21.2. The van der Waals surface area contributed by atoms with Crippen LogP contribution in [0.4, 0.5) is 4.70 Å². The van der Waals surface area contributed by atoms with E-state index in [-0.39, 0.29) is 32.0 Å². The molecule has 6 aromatic rings. The van der Waals surface area contributed by atoms with Crippen LogP contribution in [0, 0.1) is 39.6 Å². The standard InChI is InChI=1S/C24H26N4O3.C20H22IN3O3.C9H13NO.2CH4.FH/c1-16(29)24-25-8-9-28(24)13-21-12-23(31-27-21)19-6-4-17(5-7-19)2-3-18-10-20(11-18)26-22-14-30-15-22;1-14(26-19-4-2-3-11-25-19)20-22-9-10-24(20)13-17-12-18(27-23-17)15-5-7-16(21)8-6-15;1-2-7-3-8(4-7)10-9-5-11-6-9;;;/h4-9,12,16,18,20,22,26,29H,10-11,13-15H2,1H3;5-10,12,14,19H,2-4,11,13H2,1H3;1,7-10H,3-6H2;2*1H4;1H/t16-,18?,20?;14-,19?;;;;/m00..../s1.